The molecule has 0 radical (unpaired) electrons. The zero-order valence-electron chi connectivity index (χ0n) is 10.4. The molecule has 2 rings (SSSR count). The Labute approximate surface area is 111 Å². The molecule has 1 atom stereocenters. The number of carbonyl (C=O) groups excluding carboxylic acids is 1. The minimum atomic E-state index is -2.27. The van der Waals surface area contributed by atoms with E-state index >= 15 is 0 Å². The quantitative estimate of drug-likeness (QED) is 0.487. The fourth-order valence-corrected chi connectivity index (χ4v) is 2.07. The van der Waals surface area contributed by atoms with Crippen LogP contribution in [0, 0.1) is 29.1 Å². The number of halogens is 5. The Morgan fingerprint density at radius 3 is 2.05 bits per heavy atom. The molecule has 110 valence electrons. The normalized spacial score (nSPS) is 19.3. The predicted molar refractivity (Wildman–Crippen MR) is 59.6 cm³/mol. The monoisotopic (exact) mass is 294 g/mol. The second-order valence-electron chi connectivity index (χ2n) is 4.55. The summed E-state index contributed by atoms with van der Waals surface area (Å²) < 4.78 is 66.1. The van der Waals surface area contributed by atoms with Gasteiger partial charge in [0.05, 0.1) is 0 Å². The lowest BCUT2D eigenvalue weighted by molar-refractivity contribution is 0.0695. The maximum Gasteiger partial charge on any atom is 0.260 e. The van der Waals surface area contributed by atoms with Gasteiger partial charge in [0, 0.05) is 25.7 Å². The maximum atomic E-state index is 13.5. The van der Waals surface area contributed by atoms with Crippen molar-refractivity contribution in [3.05, 3.63) is 34.6 Å². The minimum Gasteiger partial charge on any atom is -0.336 e. The number of hydrogen-bond donors (Lipinski definition) is 1. The lowest BCUT2D eigenvalue weighted by atomic mass is 10.1. The Kier molecular flexibility index (Phi) is 3.94. The van der Waals surface area contributed by atoms with E-state index < -0.39 is 40.6 Å². The van der Waals surface area contributed by atoms with Crippen LogP contribution in [0.25, 0.3) is 0 Å². The number of hydrogen-bond acceptors (Lipinski definition) is 2. The first-order valence-electron chi connectivity index (χ1n) is 5.88. The van der Waals surface area contributed by atoms with Gasteiger partial charge in [0.15, 0.2) is 23.3 Å². The van der Waals surface area contributed by atoms with Gasteiger partial charge in [0.25, 0.3) is 5.91 Å². The third-order valence-corrected chi connectivity index (χ3v) is 3.08. The minimum absolute atomic E-state index is 0.123. The highest BCUT2D eigenvalue weighted by atomic mass is 19.2. The Morgan fingerprint density at radius 1 is 1.05 bits per heavy atom. The highest BCUT2D eigenvalue weighted by molar-refractivity contribution is 5.95. The fraction of sp³-hybridized carbons (Fsp3) is 0.417. The zero-order chi connectivity index (χ0) is 15.0. The summed E-state index contributed by atoms with van der Waals surface area (Å²) in [5.41, 5.74) is -1.41. The number of amides is 1. The van der Waals surface area contributed by atoms with E-state index in [1.807, 2.05) is 0 Å². The van der Waals surface area contributed by atoms with Crippen molar-refractivity contribution >= 4 is 5.91 Å². The van der Waals surface area contributed by atoms with E-state index in [9.17, 15) is 26.7 Å². The fourth-order valence-electron chi connectivity index (χ4n) is 2.07. The van der Waals surface area contributed by atoms with Crippen LogP contribution in [0.4, 0.5) is 22.0 Å². The average molecular weight is 294 g/mol. The first-order valence-corrected chi connectivity index (χ1v) is 5.88. The van der Waals surface area contributed by atoms with Crippen molar-refractivity contribution in [3.63, 3.8) is 0 Å². The van der Waals surface area contributed by atoms with Crippen LogP contribution in [-0.2, 0) is 0 Å². The molecule has 1 saturated heterocycles. The maximum absolute atomic E-state index is 13.5. The molecule has 0 aliphatic carbocycles. The molecule has 0 spiro atoms. The van der Waals surface area contributed by atoms with Crippen molar-refractivity contribution in [1.82, 2.24) is 10.2 Å². The van der Waals surface area contributed by atoms with Crippen molar-refractivity contribution in [2.45, 2.75) is 13.0 Å². The second-order valence-corrected chi connectivity index (χ2v) is 4.55. The first-order chi connectivity index (χ1) is 9.34. The predicted octanol–water partition coefficient (Wildman–Crippen LogP) is 1.82. The number of piperazine rings is 1. The van der Waals surface area contributed by atoms with Crippen LogP contribution in [0.3, 0.4) is 0 Å². The van der Waals surface area contributed by atoms with Crippen LogP contribution in [0.5, 0.6) is 0 Å². The molecule has 1 aliphatic rings. The Balaban J connectivity index is 2.44. The molecule has 0 aromatic heterocycles. The molecule has 1 aromatic carbocycles. The van der Waals surface area contributed by atoms with Crippen molar-refractivity contribution in [3.8, 4) is 0 Å². The van der Waals surface area contributed by atoms with Crippen molar-refractivity contribution in [2.24, 2.45) is 0 Å². The van der Waals surface area contributed by atoms with Crippen molar-refractivity contribution in [1.29, 1.82) is 0 Å². The van der Waals surface area contributed by atoms with E-state index in [4.69, 9.17) is 0 Å². The molecule has 1 aromatic rings. The third kappa shape index (κ3) is 2.35. The number of rotatable bonds is 1. The van der Waals surface area contributed by atoms with E-state index in [1.54, 1.807) is 6.92 Å². The van der Waals surface area contributed by atoms with Crippen LogP contribution in [0.2, 0.25) is 0 Å². The van der Waals surface area contributed by atoms with E-state index in [0.29, 0.717) is 6.54 Å². The number of nitrogens with zero attached hydrogens (tertiary/aromatic N) is 1. The lowest BCUT2D eigenvalue weighted by Gasteiger charge is -2.32. The first kappa shape index (κ1) is 14.7. The van der Waals surface area contributed by atoms with Gasteiger partial charge in [-0.1, -0.05) is 0 Å². The van der Waals surface area contributed by atoms with Crippen LogP contribution >= 0.6 is 0 Å². The molecular weight excluding hydrogens is 283 g/mol. The molecule has 3 nitrogen and oxygen atoms in total. The van der Waals surface area contributed by atoms with Gasteiger partial charge in [0.2, 0.25) is 5.82 Å². The van der Waals surface area contributed by atoms with Gasteiger partial charge in [0.1, 0.15) is 5.56 Å². The Morgan fingerprint density at radius 2 is 1.55 bits per heavy atom. The second kappa shape index (κ2) is 5.35. The van der Waals surface area contributed by atoms with Crippen LogP contribution < -0.4 is 5.32 Å². The smallest absolute Gasteiger partial charge is 0.260 e. The summed E-state index contributed by atoms with van der Waals surface area (Å²) in [6.45, 7) is 2.36. The molecule has 1 fully saturated rings. The summed E-state index contributed by atoms with van der Waals surface area (Å²) in [5, 5.41) is 2.99. The van der Waals surface area contributed by atoms with Gasteiger partial charge < -0.3 is 10.2 Å². The summed E-state index contributed by atoms with van der Waals surface area (Å²) in [7, 11) is 0. The van der Waals surface area contributed by atoms with Crippen molar-refractivity contribution in [2.75, 3.05) is 19.6 Å². The van der Waals surface area contributed by atoms with Gasteiger partial charge in [-0.15, -0.1) is 0 Å². The standard InChI is InChI=1S/C12H11F5N2O/c1-5-4-19(3-2-18-5)12(20)6-7(13)9(15)11(17)10(16)8(6)14/h5,18H,2-4H2,1H3/t5-/m0/s1. The van der Waals surface area contributed by atoms with Crippen molar-refractivity contribution < 1.29 is 26.7 Å². The zero-order valence-corrected chi connectivity index (χ0v) is 10.4. The van der Waals surface area contributed by atoms with Gasteiger partial charge >= 0.3 is 0 Å². The van der Waals surface area contributed by atoms with Gasteiger partial charge in [-0.2, -0.15) is 0 Å². The van der Waals surface area contributed by atoms with E-state index in [0.717, 1.165) is 4.90 Å². The average Bonchev–Trinajstić information content (AvgIpc) is 2.43. The molecule has 8 heteroatoms. The summed E-state index contributed by atoms with van der Waals surface area (Å²) >= 11 is 0. The summed E-state index contributed by atoms with van der Waals surface area (Å²) in [6.07, 6.45) is 0. The molecule has 20 heavy (non-hydrogen) atoms. The molecule has 0 unspecified atom stereocenters. The number of nitrogens with one attached hydrogen (secondary N) is 1. The molecular formula is C12H11F5N2O. The third-order valence-electron chi connectivity index (χ3n) is 3.08. The summed E-state index contributed by atoms with van der Waals surface area (Å²) in [6, 6.07) is -0.131. The van der Waals surface area contributed by atoms with E-state index in [2.05, 4.69) is 5.32 Å². The molecule has 1 amide bonds. The topological polar surface area (TPSA) is 32.3 Å². The van der Waals surface area contributed by atoms with Gasteiger partial charge in [-0.05, 0) is 6.92 Å². The van der Waals surface area contributed by atoms with E-state index in [1.165, 1.54) is 0 Å². The molecule has 0 bridgehead atoms. The number of benzene rings is 1. The molecule has 1 aliphatic heterocycles. The van der Waals surface area contributed by atoms with Crippen LogP contribution in [-0.4, -0.2) is 36.5 Å². The largest absolute Gasteiger partial charge is 0.336 e. The van der Waals surface area contributed by atoms with Gasteiger partial charge in [-0.3, -0.25) is 4.79 Å². The molecule has 1 N–H and O–H groups in total. The Bertz CT molecular complexity index is 534. The van der Waals surface area contributed by atoms with Crippen LogP contribution in [0.1, 0.15) is 17.3 Å². The number of carbonyl (C=O) groups is 1. The highest BCUT2D eigenvalue weighted by Crippen LogP contribution is 2.24. The van der Waals surface area contributed by atoms with E-state index in [-0.39, 0.29) is 19.1 Å². The molecule has 0 saturated carbocycles. The van der Waals surface area contributed by atoms with Crippen LogP contribution in [0.15, 0.2) is 0 Å². The summed E-state index contributed by atoms with van der Waals surface area (Å²) in [5.74, 6) is -11.9. The lowest BCUT2D eigenvalue weighted by Crippen LogP contribution is -2.51. The Hall–Kier alpha value is -1.70. The molecule has 1 heterocycles. The van der Waals surface area contributed by atoms with Gasteiger partial charge in [-0.25, -0.2) is 22.0 Å². The SMILES string of the molecule is C[C@H]1CN(C(=O)c2c(F)c(F)c(F)c(F)c2F)CCN1. The summed E-state index contributed by atoms with van der Waals surface area (Å²) in [4.78, 5) is 13.0. The highest BCUT2D eigenvalue weighted by Gasteiger charge is 2.33.